The smallest absolute Gasteiger partial charge is 0.0847 e. The van der Waals surface area contributed by atoms with Crippen molar-refractivity contribution in [2.45, 2.75) is 67.0 Å². The van der Waals surface area contributed by atoms with Gasteiger partial charge in [0, 0.05) is 12.1 Å². The summed E-state index contributed by atoms with van der Waals surface area (Å²) < 4.78 is 2.04. The normalized spacial score (nSPS) is 15.4. The van der Waals surface area contributed by atoms with Crippen molar-refractivity contribution in [2.24, 2.45) is 11.8 Å². The first-order valence-corrected chi connectivity index (χ1v) is 8.00. The van der Waals surface area contributed by atoms with Crippen LogP contribution >= 0.6 is 11.6 Å². The Morgan fingerprint density at radius 3 is 2.35 bits per heavy atom. The molecule has 1 heterocycles. The molecule has 0 saturated carbocycles. The fraction of sp³-hybridized carbons (Fsp3) is 0.812. The molecule has 1 aromatic rings. The molecule has 1 N–H and O–H groups in total. The summed E-state index contributed by atoms with van der Waals surface area (Å²) in [4.78, 5) is 0. The molecule has 20 heavy (non-hydrogen) atoms. The van der Waals surface area contributed by atoms with Crippen molar-refractivity contribution < 1.29 is 0 Å². The summed E-state index contributed by atoms with van der Waals surface area (Å²) >= 11 is 6.39. The van der Waals surface area contributed by atoms with E-state index in [0.717, 1.165) is 30.2 Å². The molecule has 0 saturated heterocycles. The third-order valence-corrected chi connectivity index (χ3v) is 4.39. The van der Waals surface area contributed by atoms with Crippen LogP contribution in [0.25, 0.3) is 0 Å². The van der Waals surface area contributed by atoms with Crippen LogP contribution in [0.1, 0.15) is 52.9 Å². The second-order valence-electron chi connectivity index (χ2n) is 6.95. The van der Waals surface area contributed by atoms with Gasteiger partial charge in [0.05, 0.1) is 16.4 Å². The number of halogens is 1. The number of aromatic nitrogens is 2. The first kappa shape index (κ1) is 17.5. The van der Waals surface area contributed by atoms with E-state index < -0.39 is 0 Å². The summed E-state index contributed by atoms with van der Waals surface area (Å²) in [6.07, 6.45) is 0.987. The number of rotatable bonds is 6. The highest BCUT2D eigenvalue weighted by atomic mass is 35.5. The summed E-state index contributed by atoms with van der Waals surface area (Å²) in [7, 11) is 0. The third-order valence-electron chi connectivity index (χ3n) is 3.89. The van der Waals surface area contributed by atoms with Crippen LogP contribution in [-0.2, 0) is 13.0 Å². The molecule has 0 aliphatic carbocycles. The van der Waals surface area contributed by atoms with Gasteiger partial charge in [-0.15, -0.1) is 0 Å². The van der Waals surface area contributed by atoms with Crippen molar-refractivity contribution in [3.8, 4) is 0 Å². The highest BCUT2D eigenvalue weighted by molar-refractivity contribution is 6.31. The molecular weight excluding hydrogens is 270 g/mol. The van der Waals surface area contributed by atoms with Gasteiger partial charge in [-0.3, -0.25) is 4.68 Å². The summed E-state index contributed by atoms with van der Waals surface area (Å²) in [5, 5.41) is 8.92. The fourth-order valence-corrected chi connectivity index (χ4v) is 2.45. The lowest BCUT2D eigenvalue weighted by molar-refractivity contribution is 0.313. The van der Waals surface area contributed by atoms with Crippen molar-refractivity contribution in [3.05, 3.63) is 16.4 Å². The van der Waals surface area contributed by atoms with E-state index in [1.807, 2.05) is 11.6 Å². The molecule has 4 heteroatoms. The van der Waals surface area contributed by atoms with E-state index in [4.69, 9.17) is 11.6 Å². The lowest BCUT2D eigenvalue weighted by Crippen LogP contribution is -2.40. The van der Waals surface area contributed by atoms with Crippen molar-refractivity contribution in [1.82, 2.24) is 15.1 Å². The number of hydrogen-bond donors (Lipinski definition) is 1. The van der Waals surface area contributed by atoms with Gasteiger partial charge in [0.1, 0.15) is 0 Å². The maximum atomic E-state index is 6.39. The minimum absolute atomic E-state index is 0.174. The predicted molar refractivity (Wildman–Crippen MR) is 87.4 cm³/mol. The third kappa shape index (κ3) is 4.78. The Kier molecular flexibility index (Phi) is 6.08. The highest BCUT2D eigenvalue weighted by Gasteiger charge is 2.20. The van der Waals surface area contributed by atoms with E-state index in [-0.39, 0.29) is 5.54 Å². The maximum absolute atomic E-state index is 6.39. The van der Waals surface area contributed by atoms with Crippen LogP contribution in [0.2, 0.25) is 5.02 Å². The second kappa shape index (κ2) is 6.95. The average Bonchev–Trinajstić information content (AvgIpc) is 2.62. The summed E-state index contributed by atoms with van der Waals surface area (Å²) in [6.45, 7) is 17.2. The van der Waals surface area contributed by atoms with Crippen molar-refractivity contribution in [3.63, 3.8) is 0 Å². The molecule has 1 aromatic heterocycles. The van der Waals surface area contributed by atoms with Gasteiger partial charge in [0.25, 0.3) is 0 Å². The molecule has 2 unspecified atom stereocenters. The van der Waals surface area contributed by atoms with E-state index in [0.29, 0.717) is 11.8 Å². The molecule has 0 aliphatic heterocycles. The molecule has 0 radical (unpaired) electrons. The van der Waals surface area contributed by atoms with Crippen LogP contribution in [0, 0.1) is 18.8 Å². The molecule has 0 amide bonds. The maximum Gasteiger partial charge on any atom is 0.0847 e. The van der Waals surface area contributed by atoms with Crippen LogP contribution in [-0.4, -0.2) is 21.9 Å². The van der Waals surface area contributed by atoms with Crippen LogP contribution in [0.4, 0.5) is 0 Å². The Balaban J connectivity index is 2.68. The summed E-state index contributed by atoms with van der Waals surface area (Å²) in [5.74, 6) is 1.18. The van der Waals surface area contributed by atoms with Crippen molar-refractivity contribution in [2.75, 3.05) is 6.54 Å². The van der Waals surface area contributed by atoms with Gasteiger partial charge < -0.3 is 5.32 Å². The van der Waals surface area contributed by atoms with Crippen LogP contribution in [0.3, 0.4) is 0 Å². The average molecular weight is 300 g/mol. The lowest BCUT2D eigenvalue weighted by Gasteiger charge is -2.26. The number of hydrogen-bond acceptors (Lipinski definition) is 2. The molecule has 0 aromatic carbocycles. The molecule has 116 valence electrons. The monoisotopic (exact) mass is 299 g/mol. The number of aryl methyl sites for hydroxylation is 2. The van der Waals surface area contributed by atoms with Gasteiger partial charge in [-0.2, -0.15) is 5.10 Å². The van der Waals surface area contributed by atoms with Gasteiger partial charge >= 0.3 is 0 Å². The lowest BCUT2D eigenvalue weighted by atomic mass is 9.90. The second-order valence-corrected chi connectivity index (χ2v) is 7.33. The number of nitrogens with one attached hydrogen (secondary N) is 1. The Morgan fingerprint density at radius 2 is 1.85 bits per heavy atom. The molecule has 0 bridgehead atoms. The first-order valence-electron chi connectivity index (χ1n) is 7.62. The topological polar surface area (TPSA) is 29.9 Å². The van der Waals surface area contributed by atoms with Crippen LogP contribution in [0.5, 0.6) is 0 Å². The molecule has 1 rings (SSSR count). The zero-order chi connectivity index (χ0) is 15.5. The van der Waals surface area contributed by atoms with Crippen LogP contribution in [0.15, 0.2) is 0 Å². The minimum atomic E-state index is 0.174. The van der Waals surface area contributed by atoms with Crippen LogP contribution < -0.4 is 5.32 Å². The molecular formula is C16H30ClN3. The van der Waals surface area contributed by atoms with Gasteiger partial charge in [0.2, 0.25) is 0 Å². The molecule has 0 spiro atoms. The largest absolute Gasteiger partial charge is 0.312 e. The van der Waals surface area contributed by atoms with Gasteiger partial charge in [-0.05, 0) is 59.4 Å². The zero-order valence-electron chi connectivity index (χ0n) is 14.0. The van der Waals surface area contributed by atoms with E-state index in [2.05, 4.69) is 52.0 Å². The Bertz CT molecular complexity index is 432. The van der Waals surface area contributed by atoms with Gasteiger partial charge in [0.15, 0.2) is 0 Å². The highest BCUT2D eigenvalue weighted by Crippen LogP contribution is 2.25. The van der Waals surface area contributed by atoms with E-state index in [1.165, 1.54) is 5.69 Å². The summed E-state index contributed by atoms with van der Waals surface area (Å²) in [6, 6.07) is 0. The SMILES string of the molecule is CCn1nc(C)c(Cl)c1CC(C)C(C)CNC(C)(C)C. The summed E-state index contributed by atoms with van der Waals surface area (Å²) in [5.41, 5.74) is 2.30. The Morgan fingerprint density at radius 1 is 1.25 bits per heavy atom. The zero-order valence-corrected chi connectivity index (χ0v) is 14.8. The minimum Gasteiger partial charge on any atom is -0.312 e. The van der Waals surface area contributed by atoms with Crippen molar-refractivity contribution in [1.29, 1.82) is 0 Å². The molecule has 3 nitrogen and oxygen atoms in total. The quantitative estimate of drug-likeness (QED) is 0.858. The molecule has 2 atom stereocenters. The fourth-order valence-electron chi connectivity index (χ4n) is 2.24. The number of nitrogens with zero attached hydrogens (tertiary/aromatic N) is 2. The van der Waals surface area contributed by atoms with E-state index in [1.54, 1.807) is 0 Å². The van der Waals surface area contributed by atoms with E-state index >= 15 is 0 Å². The Labute approximate surface area is 129 Å². The standard InChI is InChI=1S/C16H30ClN3/c1-8-20-14(15(17)13(4)19-20)9-11(2)12(3)10-18-16(5,6)7/h11-12,18H,8-10H2,1-7H3. The molecule has 0 aliphatic rings. The molecule has 0 fully saturated rings. The van der Waals surface area contributed by atoms with Crippen molar-refractivity contribution >= 4 is 11.6 Å². The van der Waals surface area contributed by atoms with Gasteiger partial charge in [-0.25, -0.2) is 0 Å². The van der Waals surface area contributed by atoms with Gasteiger partial charge in [-0.1, -0.05) is 25.4 Å². The predicted octanol–water partition coefficient (Wildman–Crippen LogP) is 4.07. The first-order chi connectivity index (χ1) is 9.15. The Hall–Kier alpha value is -0.540. The van der Waals surface area contributed by atoms with E-state index in [9.17, 15) is 0 Å².